The highest BCUT2D eigenvalue weighted by Crippen LogP contribution is 2.20. The molecule has 0 spiro atoms. The van der Waals surface area contributed by atoms with Crippen LogP contribution in [0.25, 0.3) is 0 Å². The molecule has 2 aromatic rings. The van der Waals surface area contributed by atoms with Crippen molar-refractivity contribution in [2.75, 3.05) is 26.7 Å². The minimum atomic E-state index is -0.0715. The summed E-state index contributed by atoms with van der Waals surface area (Å²) in [5, 5.41) is 7.24. The Morgan fingerprint density at radius 3 is 2.79 bits per heavy atom. The molecule has 0 aliphatic carbocycles. The number of rotatable bonds is 8. The molecular formula is C21H29N5O3. The van der Waals surface area contributed by atoms with Crippen LogP contribution < -0.4 is 15.8 Å². The topological polar surface area (TPSA) is 102 Å². The highest BCUT2D eigenvalue weighted by molar-refractivity contribution is 5.94. The van der Waals surface area contributed by atoms with Crippen molar-refractivity contribution in [2.24, 2.45) is 5.73 Å². The first-order chi connectivity index (χ1) is 14.1. The third kappa shape index (κ3) is 5.57. The summed E-state index contributed by atoms with van der Waals surface area (Å²) < 4.78 is 6.94. The molecule has 8 heteroatoms. The van der Waals surface area contributed by atoms with Crippen molar-refractivity contribution in [3.63, 3.8) is 0 Å². The van der Waals surface area contributed by atoms with E-state index in [-0.39, 0.29) is 17.9 Å². The molecule has 1 aliphatic rings. The molecule has 2 heterocycles. The van der Waals surface area contributed by atoms with Crippen LogP contribution in [-0.2, 0) is 11.3 Å². The molecule has 1 aromatic carbocycles. The molecule has 2 amide bonds. The zero-order valence-corrected chi connectivity index (χ0v) is 16.8. The minimum absolute atomic E-state index is 0.00270. The number of benzene rings is 1. The van der Waals surface area contributed by atoms with Crippen LogP contribution in [0.2, 0.25) is 0 Å². The third-order valence-electron chi connectivity index (χ3n) is 5.18. The number of amides is 2. The number of nitrogens with one attached hydrogen (secondary N) is 1. The molecule has 3 rings (SSSR count). The molecule has 1 saturated heterocycles. The van der Waals surface area contributed by atoms with Gasteiger partial charge in [-0.05, 0) is 37.0 Å². The van der Waals surface area contributed by atoms with E-state index in [1.807, 2.05) is 29.2 Å². The predicted octanol–water partition coefficient (Wildman–Crippen LogP) is 1.40. The lowest BCUT2D eigenvalue weighted by molar-refractivity contribution is -0.121. The number of carbonyl (C=O) groups excluding carboxylic acids is 2. The van der Waals surface area contributed by atoms with Gasteiger partial charge in [0.05, 0.1) is 25.4 Å². The van der Waals surface area contributed by atoms with Gasteiger partial charge in [-0.25, -0.2) is 0 Å². The zero-order chi connectivity index (χ0) is 20.6. The van der Waals surface area contributed by atoms with E-state index in [0.29, 0.717) is 38.2 Å². The summed E-state index contributed by atoms with van der Waals surface area (Å²) in [4.78, 5) is 26.6. The fraction of sp³-hybridized carbons (Fsp3) is 0.476. The maximum absolute atomic E-state index is 13.1. The number of nitrogens with two attached hydrogens (primary N) is 1. The van der Waals surface area contributed by atoms with Crippen LogP contribution in [0.5, 0.6) is 5.75 Å². The smallest absolute Gasteiger partial charge is 0.257 e. The Bertz CT molecular complexity index is 818. The number of carbonyl (C=O) groups is 2. The quantitative estimate of drug-likeness (QED) is 0.699. The second-order valence-electron chi connectivity index (χ2n) is 7.27. The predicted molar refractivity (Wildman–Crippen MR) is 110 cm³/mol. The number of piperidine rings is 1. The van der Waals surface area contributed by atoms with Gasteiger partial charge in [-0.2, -0.15) is 5.10 Å². The van der Waals surface area contributed by atoms with Crippen LogP contribution in [0.3, 0.4) is 0 Å². The molecule has 8 nitrogen and oxygen atoms in total. The lowest BCUT2D eigenvalue weighted by Crippen LogP contribution is -2.49. The number of likely N-dealkylation sites (tertiary alicyclic amines) is 1. The van der Waals surface area contributed by atoms with Gasteiger partial charge in [0.1, 0.15) is 5.75 Å². The highest BCUT2D eigenvalue weighted by Gasteiger charge is 2.28. The van der Waals surface area contributed by atoms with Gasteiger partial charge in [0, 0.05) is 38.3 Å². The summed E-state index contributed by atoms with van der Waals surface area (Å²) in [6, 6.07) is 7.77. The monoisotopic (exact) mass is 399 g/mol. The van der Waals surface area contributed by atoms with E-state index >= 15 is 0 Å². The average molecular weight is 399 g/mol. The first-order valence-corrected chi connectivity index (χ1v) is 10.0. The highest BCUT2D eigenvalue weighted by atomic mass is 16.5. The number of ether oxygens (including phenoxy) is 1. The summed E-state index contributed by atoms with van der Waals surface area (Å²) in [6.07, 6.45) is 6.61. The lowest BCUT2D eigenvalue weighted by Gasteiger charge is -2.35. The Labute approximate surface area is 171 Å². The number of methoxy groups -OCH3 is 1. The number of nitrogens with zero attached hydrogens (tertiary/aromatic N) is 3. The third-order valence-corrected chi connectivity index (χ3v) is 5.18. The standard InChI is InChI=1S/C21H29N5O3/c1-29-19-7-5-16(6-8-19)14-25-15-17(12-24-25)21(28)26-11-3-2-4-18(26)13-23-20(27)9-10-22/h5-8,12,15,18H,2-4,9-11,13-14,22H2,1H3,(H,23,27). The van der Waals surface area contributed by atoms with E-state index in [9.17, 15) is 9.59 Å². The fourth-order valence-corrected chi connectivity index (χ4v) is 3.58. The number of hydrogen-bond acceptors (Lipinski definition) is 5. The molecule has 0 radical (unpaired) electrons. The minimum Gasteiger partial charge on any atom is -0.497 e. The van der Waals surface area contributed by atoms with Crippen LogP contribution in [0.4, 0.5) is 0 Å². The van der Waals surface area contributed by atoms with Crippen molar-refractivity contribution >= 4 is 11.8 Å². The molecule has 0 bridgehead atoms. The van der Waals surface area contributed by atoms with Gasteiger partial charge in [-0.3, -0.25) is 14.3 Å². The zero-order valence-electron chi connectivity index (χ0n) is 16.8. The summed E-state index contributed by atoms with van der Waals surface area (Å²) in [5.41, 5.74) is 7.06. The van der Waals surface area contributed by atoms with Gasteiger partial charge in [0.2, 0.25) is 5.91 Å². The summed E-state index contributed by atoms with van der Waals surface area (Å²) in [5.74, 6) is 0.696. The van der Waals surface area contributed by atoms with E-state index in [4.69, 9.17) is 10.5 Å². The first kappa shape index (κ1) is 20.9. The van der Waals surface area contributed by atoms with Crippen LogP contribution in [0.1, 0.15) is 41.6 Å². The molecule has 1 aromatic heterocycles. The second kappa shape index (κ2) is 10.1. The molecule has 29 heavy (non-hydrogen) atoms. The van der Waals surface area contributed by atoms with Gasteiger partial charge in [0.25, 0.3) is 5.91 Å². The van der Waals surface area contributed by atoms with Crippen LogP contribution >= 0.6 is 0 Å². The van der Waals surface area contributed by atoms with E-state index < -0.39 is 0 Å². The molecule has 1 aliphatic heterocycles. The van der Waals surface area contributed by atoms with Crippen molar-refractivity contribution in [3.05, 3.63) is 47.8 Å². The summed E-state index contributed by atoms with van der Waals surface area (Å²) in [7, 11) is 1.64. The maximum atomic E-state index is 13.1. The van der Waals surface area contributed by atoms with Crippen LogP contribution in [-0.4, -0.2) is 59.3 Å². The van der Waals surface area contributed by atoms with Gasteiger partial charge in [-0.1, -0.05) is 12.1 Å². The van der Waals surface area contributed by atoms with E-state index in [2.05, 4.69) is 10.4 Å². The second-order valence-corrected chi connectivity index (χ2v) is 7.27. The molecular weight excluding hydrogens is 370 g/mol. The van der Waals surface area contributed by atoms with Crippen molar-refractivity contribution in [2.45, 2.75) is 38.3 Å². The molecule has 0 saturated carbocycles. The van der Waals surface area contributed by atoms with E-state index in [0.717, 1.165) is 30.6 Å². The van der Waals surface area contributed by atoms with Gasteiger partial charge >= 0.3 is 0 Å². The first-order valence-electron chi connectivity index (χ1n) is 10.0. The lowest BCUT2D eigenvalue weighted by atomic mass is 10.0. The SMILES string of the molecule is COc1ccc(Cn2cc(C(=O)N3CCCCC3CNC(=O)CCN)cn2)cc1. The Morgan fingerprint density at radius 1 is 1.28 bits per heavy atom. The number of hydrogen-bond donors (Lipinski definition) is 2. The van der Waals surface area contributed by atoms with E-state index in [1.165, 1.54) is 0 Å². The summed E-state index contributed by atoms with van der Waals surface area (Å²) in [6.45, 7) is 2.06. The van der Waals surface area contributed by atoms with Crippen LogP contribution in [0.15, 0.2) is 36.7 Å². The normalized spacial score (nSPS) is 16.5. The van der Waals surface area contributed by atoms with E-state index in [1.54, 1.807) is 24.2 Å². The molecule has 3 N–H and O–H groups in total. The van der Waals surface area contributed by atoms with Gasteiger partial charge < -0.3 is 20.7 Å². The fourth-order valence-electron chi connectivity index (χ4n) is 3.58. The van der Waals surface area contributed by atoms with Crippen molar-refractivity contribution in [1.29, 1.82) is 0 Å². The molecule has 156 valence electrons. The average Bonchev–Trinajstić information content (AvgIpc) is 3.21. The molecule has 1 atom stereocenters. The molecule has 1 unspecified atom stereocenters. The Balaban J connectivity index is 1.62. The van der Waals surface area contributed by atoms with Crippen molar-refractivity contribution in [3.8, 4) is 5.75 Å². The largest absolute Gasteiger partial charge is 0.497 e. The van der Waals surface area contributed by atoms with Crippen molar-refractivity contribution < 1.29 is 14.3 Å². The van der Waals surface area contributed by atoms with Crippen LogP contribution in [0, 0.1) is 0 Å². The van der Waals surface area contributed by atoms with Crippen molar-refractivity contribution in [1.82, 2.24) is 20.0 Å². The Morgan fingerprint density at radius 2 is 2.07 bits per heavy atom. The Kier molecular flexibility index (Phi) is 7.24. The van der Waals surface area contributed by atoms with Gasteiger partial charge in [0.15, 0.2) is 0 Å². The number of aromatic nitrogens is 2. The maximum Gasteiger partial charge on any atom is 0.257 e. The summed E-state index contributed by atoms with van der Waals surface area (Å²) >= 11 is 0. The van der Waals surface area contributed by atoms with Gasteiger partial charge in [-0.15, -0.1) is 0 Å². The Hall–Kier alpha value is -2.87. The molecule has 1 fully saturated rings.